The number of rotatable bonds is 6. The summed E-state index contributed by atoms with van der Waals surface area (Å²) in [6, 6.07) is 6.66. The fourth-order valence-electron chi connectivity index (χ4n) is 2.17. The first kappa shape index (κ1) is 14.7. The summed E-state index contributed by atoms with van der Waals surface area (Å²) in [5.41, 5.74) is 1.80. The largest absolute Gasteiger partial charge is 0.480 e. The number of aliphatic carboxylic acids is 1. The molecule has 5 nitrogen and oxygen atoms in total. The first-order valence-electron chi connectivity index (χ1n) is 6.62. The predicted octanol–water partition coefficient (Wildman–Crippen LogP) is 1.69. The van der Waals surface area contributed by atoms with E-state index in [-0.39, 0.29) is 18.7 Å². The molecule has 0 bridgehead atoms. The van der Waals surface area contributed by atoms with Gasteiger partial charge < -0.3 is 15.4 Å². The molecule has 5 heteroatoms. The molecule has 1 atom stereocenters. The molecule has 0 aliphatic heterocycles. The van der Waals surface area contributed by atoms with E-state index in [1.54, 1.807) is 6.20 Å². The first-order valence-corrected chi connectivity index (χ1v) is 6.62. The number of hydrogen-bond donors (Lipinski definition) is 3. The summed E-state index contributed by atoms with van der Waals surface area (Å²) in [5.74, 6) is 0.950. The van der Waals surface area contributed by atoms with Crippen molar-refractivity contribution < 1.29 is 14.7 Å². The Kier molecular flexibility index (Phi) is 4.62. The van der Waals surface area contributed by atoms with Gasteiger partial charge in [-0.2, -0.15) is 0 Å². The summed E-state index contributed by atoms with van der Waals surface area (Å²) in [6.45, 7) is 0. The number of carboxylic acids is 1. The highest BCUT2D eigenvalue weighted by molar-refractivity contribution is 5.86. The maximum absolute atomic E-state index is 11.6. The predicted molar refractivity (Wildman–Crippen MR) is 79.6 cm³/mol. The molecule has 21 heavy (non-hydrogen) atoms. The Morgan fingerprint density at radius 3 is 2.86 bits per heavy atom. The molecular weight excluding hydrogens is 268 g/mol. The zero-order chi connectivity index (χ0) is 15.2. The molecule has 108 valence electrons. The molecule has 0 aliphatic carbocycles. The quantitative estimate of drug-likeness (QED) is 0.706. The van der Waals surface area contributed by atoms with Crippen LogP contribution in [0.2, 0.25) is 0 Å². The van der Waals surface area contributed by atoms with E-state index in [1.807, 2.05) is 24.3 Å². The molecule has 2 rings (SSSR count). The van der Waals surface area contributed by atoms with E-state index in [9.17, 15) is 14.7 Å². The molecule has 3 N–H and O–H groups in total. The van der Waals surface area contributed by atoms with E-state index in [2.05, 4.69) is 16.2 Å². The lowest BCUT2D eigenvalue weighted by Crippen LogP contribution is -2.42. The van der Waals surface area contributed by atoms with Crippen molar-refractivity contribution in [2.75, 3.05) is 0 Å². The van der Waals surface area contributed by atoms with Crippen LogP contribution in [-0.4, -0.2) is 28.0 Å². The zero-order valence-corrected chi connectivity index (χ0v) is 11.4. The summed E-state index contributed by atoms with van der Waals surface area (Å²) in [5, 5.41) is 12.7. The second-order valence-electron chi connectivity index (χ2n) is 4.73. The van der Waals surface area contributed by atoms with Crippen molar-refractivity contribution in [3.8, 4) is 12.3 Å². The van der Waals surface area contributed by atoms with Gasteiger partial charge in [0.05, 0.1) is 0 Å². The average Bonchev–Trinajstić information content (AvgIpc) is 2.87. The molecule has 1 amide bonds. The number of carbonyl (C=O) groups is 2. The van der Waals surface area contributed by atoms with Crippen molar-refractivity contribution >= 4 is 22.8 Å². The van der Waals surface area contributed by atoms with Crippen LogP contribution in [0, 0.1) is 12.3 Å². The molecule has 0 saturated heterocycles. The Balaban J connectivity index is 2.11. The number of amides is 1. The number of carboxylic acid groups (broad SMARTS) is 1. The van der Waals surface area contributed by atoms with Gasteiger partial charge in [0.25, 0.3) is 0 Å². The molecular formula is C16H16N2O3. The first-order chi connectivity index (χ1) is 10.1. The van der Waals surface area contributed by atoms with Crippen LogP contribution in [0.1, 0.15) is 18.4 Å². The molecule has 0 fully saturated rings. The van der Waals surface area contributed by atoms with Crippen LogP contribution in [0.5, 0.6) is 0 Å². The molecule has 1 aromatic heterocycles. The lowest BCUT2D eigenvalue weighted by molar-refractivity contribution is -0.141. The topological polar surface area (TPSA) is 82.2 Å². The van der Waals surface area contributed by atoms with Crippen LogP contribution in [0.15, 0.2) is 30.5 Å². The van der Waals surface area contributed by atoms with Crippen LogP contribution in [-0.2, 0) is 16.0 Å². The molecule has 0 radical (unpaired) electrons. The van der Waals surface area contributed by atoms with Crippen LogP contribution >= 0.6 is 0 Å². The summed E-state index contributed by atoms with van der Waals surface area (Å²) >= 11 is 0. The van der Waals surface area contributed by atoms with Crippen molar-refractivity contribution in [2.24, 2.45) is 0 Å². The fraction of sp³-hybridized carbons (Fsp3) is 0.250. The molecule has 0 unspecified atom stereocenters. The second-order valence-corrected chi connectivity index (χ2v) is 4.73. The zero-order valence-electron chi connectivity index (χ0n) is 11.4. The van der Waals surface area contributed by atoms with Crippen LogP contribution in [0.4, 0.5) is 0 Å². The number of benzene rings is 1. The maximum atomic E-state index is 11.6. The SMILES string of the molecule is C#CCCC(=O)N[C@@H](Cc1c[nH]c2ccccc12)C(=O)O. The number of carbonyl (C=O) groups excluding carboxylic acids is 1. The van der Waals surface area contributed by atoms with Crippen molar-refractivity contribution in [2.45, 2.75) is 25.3 Å². The van der Waals surface area contributed by atoms with Gasteiger partial charge in [-0.1, -0.05) is 18.2 Å². The molecule has 1 heterocycles. The van der Waals surface area contributed by atoms with Gasteiger partial charge in [-0.05, 0) is 11.6 Å². The minimum atomic E-state index is -1.06. The van der Waals surface area contributed by atoms with E-state index in [0.717, 1.165) is 16.5 Å². The number of para-hydroxylation sites is 1. The van der Waals surface area contributed by atoms with Gasteiger partial charge in [-0.15, -0.1) is 12.3 Å². The molecule has 1 aromatic carbocycles. The highest BCUT2D eigenvalue weighted by Gasteiger charge is 2.21. The van der Waals surface area contributed by atoms with Gasteiger partial charge >= 0.3 is 5.97 Å². The third-order valence-corrected chi connectivity index (χ3v) is 3.23. The Hall–Kier alpha value is -2.74. The normalized spacial score (nSPS) is 11.8. The third kappa shape index (κ3) is 3.63. The number of terminal acetylenes is 1. The fourth-order valence-corrected chi connectivity index (χ4v) is 2.17. The van der Waals surface area contributed by atoms with Gasteiger partial charge in [0.1, 0.15) is 6.04 Å². The highest BCUT2D eigenvalue weighted by Crippen LogP contribution is 2.19. The summed E-state index contributed by atoms with van der Waals surface area (Å²) in [6.07, 6.45) is 7.51. The van der Waals surface area contributed by atoms with Gasteiger partial charge in [0, 0.05) is 36.4 Å². The smallest absolute Gasteiger partial charge is 0.326 e. The number of aromatic nitrogens is 1. The standard InChI is InChI=1S/C16H16N2O3/c1-2-3-8-15(19)18-14(16(20)21)9-11-10-17-13-7-5-4-6-12(11)13/h1,4-7,10,14,17H,3,8-9H2,(H,18,19)(H,20,21)/t14-/m0/s1. The Bertz CT molecular complexity index is 697. The number of hydrogen-bond acceptors (Lipinski definition) is 2. The van der Waals surface area contributed by atoms with Crippen molar-refractivity contribution in [3.05, 3.63) is 36.0 Å². The van der Waals surface area contributed by atoms with Crippen LogP contribution in [0.3, 0.4) is 0 Å². The van der Waals surface area contributed by atoms with Crippen LogP contribution in [0.25, 0.3) is 10.9 Å². The van der Waals surface area contributed by atoms with Gasteiger partial charge in [-0.3, -0.25) is 4.79 Å². The summed E-state index contributed by atoms with van der Waals surface area (Å²) in [4.78, 5) is 26.0. The Labute approximate surface area is 122 Å². The van der Waals surface area contributed by atoms with E-state index >= 15 is 0 Å². The average molecular weight is 284 g/mol. The highest BCUT2D eigenvalue weighted by atomic mass is 16.4. The Morgan fingerprint density at radius 1 is 1.38 bits per heavy atom. The molecule has 0 aliphatic rings. The minimum absolute atomic E-state index is 0.133. The van der Waals surface area contributed by atoms with Crippen molar-refractivity contribution in [1.29, 1.82) is 0 Å². The van der Waals surface area contributed by atoms with Crippen molar-refractivity contribution in [1.82, 2.24) is 10.3 Å². The summed E-state index contributed by atoms with van der Waals surface area (Å²) in [7, 11) is 0. The maximum Gasteiger partial charge on any atom is 0.326 e. The van der Waals surface area contributed by atoms with Gasteiger partial charge in [0.15, 0.2) is 0 Å². The summed E-state index contributed by atoms with van der Waals surface area (Å²) < 4.78 is 0. The number of H-pyrrole nitrogens is 1. The Morgan fingerprint density at radius 2 is 2.14 bits per heavy atom. The number of fused-ring (bicyclic) bond motifs is 1. The monoisotopic (exact) mass is 284 g/mol. The second kappa shape index (κ2) is 6.62. The van der Waals surface area contributed by atoms with Crippen molar-refractivity contribution in [3.63, 3.8) is 0 Å². The van der Waals surface area contributed by atoms with Crippen LogP contribution < -0.4 is 5.32 Å². The molecule has 2 aromatic rings. The van der Waals surface area contributed by atoms with E-state index in [1.165, 1.54) is 0 Å². The number of aromatic amines is 1. The van der Waals surface area contributed by atoms with E-state index in [0.29, 0.717) is 6.42 Å². The number of nitrogens with one attached hydrogen (secondary N) is 2. The van der Waals surface area contributed by atoms with E-state index < -0.39 is 12.0 Å². The van der Waals surface area contributed by atoms with Gasteiger partial charge in [-0.25, -0.2) is 4.79 Å². The molecule has 0 saturated carbocycles. The minimum Gasteiger partial charge on any atom is -0.480 e. The van der Waals surface area contributed by atoms with Gasteiger partial charge in [0.2, 0.25) is 5.91 Å². The molecule has 0 spiro atoms. The lowest BCUT2D eigenvalue weighted by Gasteiger charge is -2.13. The third-order valence-electron chi connectivity index (χ3n) is 3.23. The lowest BCUT2D eigenvalue weighted by atomic mass is 10.0. The van der Waals surface area contributed by atoms with E-state index in [4.69, 9.17) is 6.42 Å².